The van der Waals surface area contributed by atoms with Gasteiger partial charge in [-0.05, 0) is 23.1 Å². The van der Waals surface area contributed by atoms with Crippen LogP contribution >= 0.6 is 0 Å². The van der Waals surface area contributed by atoms with Crippen LogP contribution in [0.2, 0.25) is 0 Å². The number of anilines is 1. The fourth-order valence-electron chi connectivity index (χ4n) is 3.57. The molecule has 5 rings (SSSR count). The summed E-state index contributed by atoms with van der Waals surface area (Å²) in [4.78, 5) is 18.8. The van der Waals surface area contributed by atoms with Crippen LogP contribution in [0.4, 0.5) is 5.82 Å². The molecule has 1 aromatic carbocycles. The first-order chi connectivity index (χ1) is 12.7. The van der Waals surface area contributed by atoms with Gasteiger partial charge in [0.25, 0.3) is 0 Å². The van der Waals surface area contributed by atoms with Gasteiger partial charge in [0.2, 0.25) is 5.91 Å². The number of hydrogen-bond acceptors (Lipinski definition) is 5. The molecule has 0 aliphatic carbocycles. The Bertz CT molecular complexity index is 999. The number of carbonyl (C=O) groups excluding carboxylic acids is 1. The molecule has 7 heteroatoms. The number of nitrogens with zero attached hydrogens (tertiary/aromatic N) is 4. The van der Waals surface area contributed by atoms with E-state index in [0.717, 1.165) is 35.1 Å². The van der Waals surface area contributed by atoms with E-state index in [9.17, 15) is 4.79 Å². The first-order valence-electron chi connectivity index (χ1n) is 8.70. The number of nitrogens with one attached hydrogen (secondary N) is 1. The van der Waals surface area contributed by atoms with E-state index in [1.54, 1.807) is 10.9 Å². The Morgan fingerprint density at radius 1 is 1.27 bits per heavy atom. The summed E-state index contributed by atoms with van der Waals surface area (Å²) in [5.41, 5.74) is 2.15. The van der Waals surface area contributed by atoms with Crippen LogP contribution in [0.3, 0.4) is 0 Å². The van der Waals surface area contributed by atoms with Crippen molar-refractivity contribution in [3.05, 3.63) is 42.9 Å². The number of pyridine rings is 1. The summed E-state index contributed by atoms with van der Waals surface area (Å²) in [7, 11) is 1.90. The Kier molecular flexibility index (Phi) is 3.51. The number of rotatable bonds is 4. The molecule has 0 spiro atoms. The number of aryl methyl sites for hydroxylation is 1. The van der Waals surface area contributed by atoms with Crippen LogP contribution in [0.15, 0.2) is 42.9 Å². The van der Waals surface area contributed by atoms with Gasteiger partial charge in [-0.2, -0.15) is 5.10 Å². The van der Waals surface area contributed by atoms with Crippen molar-refractivity contribution in [1.82, 2.24) is 19.7 Å². The first-order valence-corrected chi connectivity index (χ1v) is 8.70. The van der Waals surface area contributed by atoms with E-state index in [0.29, 0.717) is 24.5 Å². The van der Waals surface area contributed by atoms with Gasteiger partial charge in [-0.3, -0.25) is 14.4 Å². The maximum Gasteiger partial charge on any atom is 0.239 e. The molecule has 4 heterocycles. The van der Waals surface area contributed by atoms with Crippen LogP contribution < -0.4 is 5.32 Å². The maximum absolute atomic E-state index is 12.3. The Morgan fingerprint density at radius 3 is 2.88 bits per heavy atom. The van der Waals surface area contributed by atoms with Crippen molar-refractivity contribution in [3.63, 3.8) is 0 Å². The minimum atomic E-state index is -0.0365. The average Bonchev–Trinajstić information content (AvgIpc) is 3.04. The molecule has 2 atom stereocenters. The van der Waals surface area contributed by atoms with Gasteiger partial charge in [0.1, 0.15) is 5.82 Å². The number of likely N-dealkylation sites (tertiary alicyclic amines) is 1. The largest absolute Gasteiger partial charge is 0.373 e. The summed E-state index contributed by atoms with van der Waals surface area (Å²) in [6.45, 7) is 1.97. The fraction of sp³-hybridized carbons (Fsp3) is 0.316. The third-order valence-electron chi connectivity index (χ3n) is 5.17. The van der Waals surface area contributed by atoms with E-state index in [1.165, 1.54) is 0 Å². The number of ether oxygens (including phenoxy) is 1. The smallest absolute Gasteiger partial charge is 0.239 e. The van der Waals surface area contributed by atoms with Crippen molar-refractivity contribution >= 4 is 22.5 Å². The number of morpholine rings is 1. The summed E-state index contributed by atoms with van der Waals surface area (Å²) in [6, 6.07) is 8.52. The SMILES string of the molecule is Cn1cc(-c2ccc3cnc(NC(=O)CN4CC5OC[C@@H]54)cc3c2)cn1. The lowest BCUT2D eigenvalue weighted by atomic mass is 9.95. The summed E-state index contributed by atoms with van der Waals surface area (Å²) in [5.74, 6) is 0.540. The molecule has 2 aliphatic rings. The Morgan fingerprint density at radius 2 is 2.19 bits per heavy atom. The zero-order chi connectivity index (χ0) is 17.7. The lowest BCUT2D eigenvalue weighted by Crippen LogP contribution is -2.71. The molecule has 3 aromatic rings. The van der Waals surface area contributed by atoms with Crippen molar-refractivity contribution in [2.24, 2.45) is 7.05 Å². The lowest BCUT2D eigenvalue weighted by molar-refractivity contribution is -0.212. The molecular weight excluding hydrogens is 330 g/mol. The van der Waals surface area contributed by atoms with E-state index in [-0.39, 0.29) is 5.91 Å². The Hall–Kier alpha value is -2.77. The highest BCUT2D eigenvalue weighted by Crippen LogP contribution is 2.29. The van der Waals surface area contributed by atoms with Crippen LogP contribution in [0.5, 0.6) is 0 Å². The monoisotopic (exact) mass is 349 g/mol. The molecule has 1 amide bonds. The predicted molar refractivity (Wildman–Crippen MR) is 97.7 cm³/mol. The van der Waals surface area contributed by atoms with Crippen molar-refractivity contribution < 1.29 is 9.53 Å². The molecule has 132 valence electrons. The second-order valence-electron chi connectivity index (χ2n) is 6.95. The number of carbonyl (C=O) groups is 1. The normalized spacial score (nSPS) is 21.7. The lowest BCUT2D eigenvalue weighted by Gasteiger charge is -2.54. The summed E-state index contributed by atoms with van der Waals surface area (Å²) in [6.07, 6.45) is 5.95. The van der Waals surface area contributed by atoms with Crippen LogP contribution in [0.25, 0.3) is 21.9 Å². The van der Waals surface area contributed by atoms with Crippen LogP contribution in [0, 0.1) is 0 Å². The van der Waals surface area contributed by atoms with E-state index >= 15 is 0 Å². The molecule has 1 N–H and O–H groups in total. The van der Waals surface area contributed by atoms with Gasteiger partial charge in [-0.15, -0.1) is 0 Å². The number of fused-ring (bicyclic) bond motifs is 2. The molecule has 2 fully saturated rings. The van der Waals surface area contributed by atoms with Gasteiger partial charge >= 0.3 is 0 Å². The second kappa shape index (κ2) is 5.89. The van der Waals surface area contributed by atoms with Gasteiger partial charge in [0, 0.05) is 36.9 Å². The van der Waals surface area contributed by atoms with E-state index in [4.69, 9.17) is 4.74 Å². The molecule has 26 heavy (non-hydrogen) atoms. The van der Waals surface area contributed by atoms with E-state index in [1.807, 2.05) is 31.6 Å². The molecule has 1 unspecified atom stereocenters. The third-order valence-corrected chi connectivity index (χ3v) is 5.17. The summed E-state index contributed by atoms with van der Waals surface area (Å²) >= 11 is 0. The second-order valence-corrected chi connectivity index (χ2v) is 6.95. The molecule has 0 radical (unpaired) electrons. The highest BCUT2D eigenvalue weighted by atomic mass is 16.5. The zero-order valence-electron chi connectivity index (χ0n) is 14.4. The molecular formula is C19H19N5O2. The topological polar surface area (TPSA) is 72.3 Å². The third kappa shape index (κ3) is 2.65. The first kappa shape index (κ1) is 15.5. The number of aromatic nitrogens is 3. The number of benzene rings is 1. The van der Waals surface area contributed by atoms with Gasteiger partial charge < -0.3 is 10.1 Å². The van der Waals surface area contributed by atoms with E-state index in [2.05, 4.69) is 32.4 Å². The number of hydrogen-bond donors (Lipinski definition) is 1. The minimum absolute atomic E-state index is 0.0365. The molecule has 2 saturated heterocycles. The maximum atomic E-state index is 12.3. The van der Waals surface area contributed by atoms with Crippen molar-refractivity contribution in [3.8, 4) is 11.1 Å². The van der Waals surface area contributed by atoms with Gasteiger partial charge in [-0.1, -0.05) is 12.1 Å². The quantitative estimate of drug-likeness (QED) is 0.776. The predicted octanol–water partition coefficient (Wildman–Crippen LogP) is 1.66. The molecule has 2 aliphatic heterocycles. The van der Waals surface area contributed by atoms with Crippen LogP contribution in [0.1, 0.15) is 0 Å². The highest BCUT2D eigenvalue weighted by molar-refractivity contribution is 5.94. The minimum Gasteiger partial charge on any atom is -0.373 e. The van der Waals surface area contributed by atoms with Gasteiger partial charge in [-0.25, -0.2) is 4.98 Å². The Labute approximate surface area is 150 Å². The fourth-order valence-corrected chi connectivity index (χ4v) is 3.57. The van der Waals surface area contributed by atoms with Gasteiger partial charge in [0.15, 0.2) is 0 Å². The molecule has 0 saturated carbocycles. The van der Waals surface area contributed by atoms with Crippen molar-refractivity contribution in [1.29, 1.82) is 0 Å². The highest BCUT2D eigenvalue weighted by Gasteiger charge is 2.47. The average molecular weight is 349 g/mol. The van der Waals surface area contributed by atoms with E-state index < -0.39 is 0 Å². The molecule has 0 bridgehead atoms. The molecule has 2 aromatic heterocycles. The number of amides is 1. The van der Waals surface area contributed by atoms with Crippen molar-refractivity contribution in [2.75, 3.05) is 25.0 Å². The summed E-state index contributed by atoms with van der Waals surface area (Å²) in [5, 5.41) is 9.20. The van der Waals surface area contributed by atoms with Crippen LogP contribution in [-0.2, 0) is 16.6 Å². The van der Waals surface area contributed by atoms with Crippen LogP contribution in [-0.4, -0.2) is 57.4 Å². The van der Waals surface area contributed by atoms with Crippen molar-refractivity contribution in [2.45, 2.75) is 12.1 Å². The Balaban J connectivity index is 1.33. The standard InChI is InChI=1S/C19H19N5O2/c1-23-8-15(7-21-23)12-2-3-13-6-20-18(5-14(13)4-12)22-19(25)10-24-9-17-16(24)11-26-17/h2-8,16-17H,9-11H2,1H3,(H,20,22,25)/t16-,17?/m0/s1. The summed E-state index contributed by atoms with van der Waals surface area (Å²) < 4.78 is 7.15. The molecule has 7 nitrogen and oxygen atoms in total. The zero-order valence-corrected chi connectivity index (χ0v) is 14.4. The van der Waals surface area contributed by atoms with Gasteiger partial charge in [0.05, 0.1) is 31.5 Å².